The first-order valence-electron chi connectivity index (χ1n) is 7.02. The predicted octanol–water partition coefficient (Wildman–Crippen LogP) is 4.52. The number of aromatic hydroxyl groups is 1. The molecule has 120 valence electrons. The van der Waals surface area contributed by atoms with E-state index in [9.17, 15) is 18.3 Å². The van der Waals surface area contributed by atoms with Gasteiger partial charge in [-0.25, -0.2) is 0 Å². The zero-order chi connectivity index (χ0) is 16.3. The molecule has 2 atom stereocenters. The SMILES string of the molecule is CCCC(C(C)c1nnc(-c2ccc(O)cc2)o1)C(F)(F)F. The molecule has 0 aliphatic heterocycles. The van der Waals surface area contributed by atoms with Crippen molar-refractivity contribution >= 4 is 0 Å². The quantitative estimate of drug-likeness (QED) is 0.881. The summed E-state index contributed by atoms with van der Waals surface area (Å²) in [5.41, 5.74) is 0.544. The van der Waals surface area contributed by atoms with Crippen molar-refractivity contribution in [1.82, 2.24) is 10.2 Å². The second-order valence-electron chi connectivity index (χ2n) is 5.22. The van der Waals surface area contributed by atoms with Crippen LogP contribution in [-0.4, -0.2) is 21.5 Å². The number of nitrogens with zero attached hydrogens (tertiary/aromatic N) is 2. The Morgan fingerprint density at radius 2 is 1.82 bits per heavy atom. The minimum absolute atomic E-state index is 0.0155. The minimum atomic E-state index is -4.30. The first-order valence-corrected chi connectivity index (χ1v) is 7.02. The number of halogens is 3. The molecule has 0 spiro atoms. The molecule has 0 saturated heterocycles. The highest BCUT2D eigenvalue weighted by Gasteiger charge is 2.44. The number of hydrogen-bond acceptors (Lipinski definition) is 4. The van der Waals surface area contributed by atoms with Gasteiger partial charge in [0.25, 0.3) is 0 Å². The van der Waals surface area contributed by atoms with Crippen molar-refractivity contribution in [2.75, 3.05) is 0 Å². The molecule has 0 bridgehead atoms. The van der Waals surface area contributed by atoms with Crippen molar-refractivity contribution in [2.24, 2.45) is 5.92 Å². The Kier molecular flexibility index (Phi) is 4.73. The lowest BCUT2D eigenvalue weighted by Gasteiger charge is -2.23. The summed E-state index contributed by atoms with van der Waals surface area (Å²) in [5, 5.41) is 16.8. The Balaban J connectivity index is 2.24. The van der Waals surface area contributed by atoms with Crippen molar-refractivity contribution in [1.29, 1.82) is 0 Å². The molecule has 1 heterocycles. The summed E-state index contributed by atoms with van der Waals surface area (Å²) >= 11 is 0. The molecule has 0 fully saturated rings. The highest BCUT2D eigenvalue weighted by molar-refractivity contribution is 5.53. The van der Waals surface area contributed by atoms with Crippen LogP contribution < -0.4 is 0 Å². The molecule has 1 aromatic heterocycles. The summed E-state index contributed by atoms with van der Waals surface area (Å²) in [7, 11) is 0. The zero-order valence-electron chi connectivity index (χ0n) is 12.3. The molecule has 2 unspecified atom stereocenters. The second-order valence-corrected chi connectivity index (χ2v) is 5.22. The molecule has 0 amide bonds. The molecular formula is C15H17F3N2O2. The normalized spacial score (nSPS) is 14.8. The molecule has 0 saturated carbocycles. The van der Waals surface area contributed by atoms with Gasteiger partial charge in [0, 0.05) is 11.5 Å². The van der Waals surface area contributed by atoms with Crippen molar-refractivity contribution in [3.63, 3.8) is 0 Å². The predicted molar refractivity (Wildman–Crippen MR) is 74.3 cm³/mol. The summed E-state index contributed by atoms with van der Waals surface area (Å²) < 4.78 is 44.7. The Morgan fingerprint density at radius 3 is 2.36 bits per heavy atom. The number of phenols is 1. The van der Waals surface area contributed by atoms with Crippen LogP contribution in [0.15, 0.2) is 28.7 Å². The molecule has 1 aromatic carbocycles. The van der Waals surface area contributed by atoms with Gasteiger partial charge >= 0.3 is 6.18 Å². The van der Waals surface area contributed by atoms with E-state index in [1.807, 2.05) is 0 Å². The minimum Gasteiger partial charge on any atom is -0.508 e. The van der Waals surface area contributed by atoms with Crippen LogP contribution in [0.4, 0.5) is 13.2 Å². The third-order valence-corrected chi connectivity index (χ3v) is 3.57. The van der Waals surface area contributed by atoms with Crippen molar-refractivity contribution in [2.45, 2.75) is 38.8 Å². The van der Waals surface area contributed by atoms with Crippen LogP contribution in [-0.2, 0) is 0 Å². The summed E-state index contributed by atoms with van der Waals surface area (Å²) in [4.78, 5) is 0. The highest BCUT2D eigenvalue weighted by atomic mass is 19.4. The smallest absolute Gasteiger partial charge is 0.392 e. The van der Waals surface area contributed by atoms with E-state index in [1.165, 1.54) is 19.1 Å². The van der Waals surface area contributed by atoms with Gasteiger partial charge in [-0.3, -0.25) is 0 Å². The first kappa shape index (κ1) is 16.3. The lowest BCUT2D eigenvalue weighted by molar-refractivity contribution is -0.183. The number of aromatic nitrogens is 2. The van der Waals surface area contributed by atoms with E-state index < -0.39 is 18.0 Å². The van der Waals surface area contributed by atoms with Crippen molar-refractivity contribution < 1.29 is 22.7 Å². The number of phenolic OH excluding ortho intramolecular Hbond substituents is 1. The van der Waals surface area contributed by atoms with Crippen LogP contribution >= 0.6 is 0 Å². The van der Waals surface area contributed by atoms with Gasteiger partial charge in [0.1, 0.15) is 5.75 Å². The molecular weight excluding hydrogens is 297 g/mol. The van der Waals surface area contributed by atoms with E-state index in [0.29, 0.717) is 12.0 Å². The number of alkyl halides is 3. The van der Waals surface area contributed by atoms with Crippen LogP contribution in [0, 0.1) is 5.92 Å². The Hall–Kier alpha value is -2.05. The topological polar surface area (TPSA) is 59.2 Å². The molecule has 0 radical (unpaired) electrons. The summed E-state index contributed by atoms with van der Waals surface area (Å²) in [6.45, 7) is 3.16. The maximum Gasteiger partial charge on any atom is 0.392 e. The summed E-state index contributed by atoms with van der Waals surface area (Å²) in [5.74, 6) is -2.22. The molecule has 2 aromatic rings. The number of rotatable bonds is 5. The standard InChI is InChI=1S/C15H17F3N2O2/c1-3-4-12(15(16,17)18)9(2)13-19-20-14(22-13)10-5-7-11(21)8-6-10/h5-9,12,21H,3-4H2,1-2H3. The van der Waals surface area contributed by atoms with Gasteiger partial charge < -0.3 is 9.52 Å². The molecule has 1 N–H and O–H groups in total. The van der Waals surface area contributed by atoms with Crippen molar-refractivity contribution in [3.8, 4) is 17.2 Å². The monoisotopic (exact) mass is 314 g/mol. The molecule has 22 heavy (non-hydrogen) atoms. The lowest BCUT2D eigenvalue weighted by Crippen LogP contribution is -2.28. The fourth-order valence-electron chi connectivity index (χ4n) is 2.32. The fourth-order valence-corrected chi connectivity index (χ4v) is 2.32. The van der Waals surface area contributed by atoms with Gasteiger partial charge in [-0.1, -0.05) is 20.3 Å². The fraction of sp³-hybridized carbons (Fsp3) is 0.467. The maximum atomic E-state index is 13.1. The van der Waals surface area contributed by atoms with Crippen LogP contribution in [0.3, 0.4) is 0 Å². The van der Waals surface area contributed by atoms with Crippen molar-refractivity contribution in [3.05, 3.63) is 30.2 Å². The Morgan fingerprint density at radius 1 is 1.18 bits per heavy atom. The lowest BCUT2D eigenvalue weighted by atomic mass is 9.89. The largest absolute Gasteiger partial charge is 0.508 e. The van der Waals surface area contributed by atoms with Gasteiger partial charge in [-0.15, -0.1) is 10.2 Å². The first-order chi connectivity index (χ1) is 10.3. The number of benzene rings is 1. The number of hydrogen-bond donors (Lipinski definition) is 1. The van der Waals surface area contributed by atoms with E-state index in [1.54, 1.807) is 19.1 Å². The van der Waals surface area contributed by atoms with Crippen LogP contribution in [0.5, 0.6) is 5.75 Å². The van der Waals surface area contributed by atoms with Crippen LogP contribution in [0.1, 0.15) is 38.5 Å². The van der Waals surface area contributed by atoms with Gasteiger partial charge in [-0.05, 0) is 30.7 Å². The van der Waals surface area contributed by atoms with Gasteiger partial charge in [0.15, 0.2) is 0 Å². The Labute approximate surface area is 126 Å². The van der Waals surface area contributed by atoms with E-state index in [4.69, 9.17) is 4.42 Å². The molecule has 0 aliphatic carbocycles. The summed E-state index contributed by atoms with van der Waals surface area (Å²) in [6.07, 6.45) is -3.86. The van der Waals surface area contributed by atoms with Crippen LogP contribution in [0.2, 0.25) is 0 Å². The van der Waals surface area contributed by atoms with Gasteiger partial charge in [-0.2, -0.15) is 13.2 Å². The molecule has 0 aliphatic rings. The molecule has 7 heteroatoms. The molecule has 4 nitrogen and oxygen atoms in total. The second kappa shape index (κ2) is 6.37. The molecule has 2 rings (SSSR count). The zero-order valence-corrected chi connectivity index (χ0v) is 12.3. The van der Waals surface area contributed by atoms with E-state index >= 15 is 0 Å². The third-order valence-electron chi connectivity index (χ3n) is 3.57. The van der Waals surface area contributed by atoms with Gasteiger partial charge in [0.2, 0.25) is 11.8 Å². The average molecular weight is 314 g/mol. The van der Waals surface area contributed by atoms with E-state index in [2.05, 4.69) is 10.2 Å². The Bertz CT molecular complexity index is 608. The van der Waals surface area contributed by atoms with E-state index in [-0.39, 0.29) is 24.0 Å². The third kappa shape index (κ3) is 3.58. The highest BCUT2D eigenvalue weighted by Crippen LogP contribution is 2.40. The average Bonchev–Trinajstić information content (AvgIpc) is 2.93. The maximum absolute atomic E-state index is 13.1. The van der Waals surface area contributed by atoms with Gasteiger partial charge in [0.05, 0.1) is 5.92 Å². The van der Waals surface area contributed by atoms with Crippen LogP contribution in [0.25, 0.3) is 11.5 Å². The van der Waals surface area contributed by atoms with E-state index in [0.717, 1.165) is 0 Å². The summed E-state index contributed by atoms with van der Waals surface area (Å²) in [6, 6.07) is 6.01.